The number of carbonyl (C=O) groups excluding carboxylic acids is 1. The molecule has 0 aromatic rings. The Bertz CT molecular complexity index is 421. The number of ether oxygens (including phenoxy) is 1. The first-order valence-corrected chi connectivity index (χ1v) is 11.0. The first kappa shape index (κ1) is 20.6. The van der Waals surface area contributed by atoms with Gasteiger partial charge in [-0.25, -0.2) is 0 Å². The van der Waals surface area contributed by atoms with Crippen LogP contribution in [0.1, 0.15) is 27.2 Å². The fraction of sp³-hybridized carbons (Fsp3) is 0.769. The quantitative estimate of drug-likeness (QED) is 0.398. The second kappa shape index (κ2) is 10.3. The Morgan fingerprint density at radius 3 is 2.10 bits per heavy atom. The molecule has 0 rings (SSSR count). The van der Waals surface area contributed by atoms with Crippen LogP contribution in [0.2, 0.25) is 0 Å². The van der Waals surface area contributed by atoms with Crippen molar-refractivity contribution in [3.05, 3.63) is 12.4 Å². The van der Waals surface area contributed by atoms with E-state index in [4.69, 9.17) is 13.8 Å². The fourth-order valence-electron chi connectivity index (χ4n) is 1.69. The van der Waals surface area contributed by atoms with Crippen molar-refractivity contribution in [2.45, 2.75) is 27.2 Å². The summed E-state index contributed by atoms with van der Waals surface area (Å²) in [5.41, 5.74) is 0. The maximum absolute atomic E-state index is 12.6. The van der Waals surface area contributed by atoms with Gasteiger partial charge in [-0.15, -0.1) is 0 Å². The van der Waals surface area contributed by atoms with E-state index in [2.05, 4.69) is 6.58 Å². The van der Waals surface area contributed by atoms with Gasteiger partial charge in [0.05, 0.1) is 26.2 Å². The third kappa shape index (κ3) is 8.57. The third-order valence-electron chi connectivity index (χ3n) is 2.70. The first-order chi connectivity index (χ1) is 9.84. The summed E-state index contributed by atoms with van der Waals surface area (Å²) in [5, 5.41) is 0. The Labute approximate surface area is 127 Å². The van der Waals surface area contributed by atoms with Gasteiger partial charge in [0.1, 0.15) is 0 Å². The molecule has 0 aromatic heterocycles. The van der Waals surface area contributed by atoms with Gasteiger partial charge in [0.15, 0.2) is 0 Å². The molecule has 0 amide bonds. The van der Waals surface area contributed by atoms with Gasteiger partial charge < -0.3 is 13.8 Å². The van der Waals surface area contributed by atoms with E-state index in [1.807, 2.05) is 0 Å². The molecule has 0 N–H and O–H groups in total. The highest BCUT2D eigenvalue weighted by Gasteiger charge is 2.29. The molecular weight excluding hydrogens is 314 g/mol. The largest absolute Gasteiger partial charge is 0.466 e. The van der Waals surface area contributed by atoms with Gasteiger partial charge >= 0.3 is 5.97 Å². The summed E-state index contributed by atoms with van der Waals surface area (Å²) in [5.74, 6) is 0.868. The molecule has 2 atom stereocenters. The summed E-state index contributed by atoms with van der Waals surface area (Å²) in [6.45, 7) is 9.53. The lowest BCUT2D eigenvalue weighted by molar-refractivity contribution is -0.142. The second-order valence-electron chi connectivity index (χ2n) is 4.28. The van der Waals surface area contributed by atoms with Crippen LogP contribution in [-0.4, -0.2) is 44.3 Å². The highest BCUT2D eigenvalue weighted by atomic mass is 31.2. The van der Waals surface area contributed by atoms with Crippen molar-refractivity contribution in [3.63, 3.8) is 0 Å². The van der Waals surface area contributed by atoms with Crippen molar-refractivity contribution < 1.29 is 27.7 Å². The maximum atomic E-state index is 12.6. The molecule has 0 aliphatic rings. The molecule has 0 aliphatic heterocycles. The summed E-state index contributed by atoms with van der Waals surface area (Å²) in [7, 11) is -6.02. The minimum absolute atomic E-state index is 0.0259. The molecule has 21 heavy (non-hydrogen) atoms. The average Bonchev–Trinajstić information content (AvgIpc) is 2.44. The molecule has 0 fully saturated rings. The van der Waals surface area contributed by atoms with Gasteiger partial charge in [0.2, 0.25) is 14.7 Å². The monoisotopic (exact) mass is 340 g/mol. The van der Waals surface area contributed by atoms with E-state index >= 15 is 0 Å². The molecule has 0 saturated heterocycles. The van der Waals surface area contributed by atoms with Crippen LogP contribution >= 0.6 is 14.7 Å². The fourth-order valence-corrected chi connectivity index (χ4v) is 6.35. The lowest BCUT2D eigenvalue weighted by atomic mass is 10.5. The van der Waals surface area contributed by atoms with Crippen LogP contribution in [0.4, 0.5) is 0 Å². The van der Waals surface area contributed by atoms with E-state index < -0.39 is 20.7 Å². The van der Waals surface area contributed by atoms with Gasteiger partial charge in [-0.3, -0.25) is 13.9 Å². The average molecular weight is 340 g/mol. The van der Waals surface area contributed by atoms with E-state index in [-0.39, 0.29) is 38.1 Å². The first-order valence-electron chi connectivity index (χ1n) is 7.09. The molecule has 6 nitrogen and oxygen atoms in total. The number of esters is 1. The summed E-state index contributed by atoms with van der Waals surface area (Å²) < 4.78 is 40.2. The Morgan fingerprint density at radius 1 is 1.00 bits per heavy atom. The molecular formula is C13H26O6P2. The van der Waals surface area contributed by atoms with Crippen molar-refractivity contribution in [1.29, 1.82) is 0 Å². The standard InChI is InChI=1S/C13H26O6P2/c1-5-17-13(14)9-10-21(16,19-7-3)12-11-20(15,8-4)18-6-2/h8H,4-7,9-12H2,1-3H3/t20?,21-/m0/s1. The van der Waals surface area contributed by atoms with E-state index in [0.717, 1.165) is 0 Å². The van der Waals surface area contributed by atoms with Crippen molar-refractivity contribution in [2.24, 2.45) is 0 Å². The topological polar surface area (TPSA) is 78.9 Å². The summed E-state index contributed by atoms with van der Waals surface area (Å²) >= 11 is 0. The lowest BCUT2D eigenvalue weighted by Crippen LogP contribution is -2.10. The van der Waals surface area contributed by atoms with Gasteiger partial charge in [0.25, 0.3) is 0 Å². The summed E-state index contributed by atoms with van der Waals surface area (Å²) in [6.07, 6.45) is 0.315. The number of hydrogen-bond donors (Lipinski definition) is 0. The maximum Gasteiger partial charge on any atom is 0.306 e. The summed E-state index contributed by atoms with van der Waals surface area (Å²) in [6, 6.07) is 0. The normalized spacial score (nSPS) is 16.7. The van der Waals surface area contributed by atoms with E-state index in [9.17, 15) is 13.9 Å². The third-order valence-corrected chi connectivity index (χ3v) is 7.69. The van der Waals surface area contributed by atoms with Crippen LogP contribution in [0.15, 0.2) is 12.4 Å². The molecule has 0 aliphatic carbocycles. The van der Waals surface area contributed by atoms with Gasteiger partial charge in [0, 0.05) is 18.5 Å². The van der Waals surface area contributed by atoms with Crippen LogP contribution < -0.4 is 0 Å². The highest BCUT2D eigenvalue weighted by molar-refractivity contribution is 7.65. The predicted octanol–water partition coefficient (Wildman–Crippen LogP) is 3.71. The van der Waals surface area contributed by atoms with Crippen LogP contribution in [0.25, 0.3) is 0 Å². The smallest absolute Gasteiger partial charge is 0.306 e. The van der Waals surface area contributed by atoms with Crippen molar-refractivity contribution in [2.75, 3.05) is 38.3 Å². The Hall–Kier alpha value is -0.410. The predicted molar refractivity (Wildman–Crippen MR) is 84.5 cm³/mol. The molecule has 0 heterocycles. The Kier molecular flexibility index (Phi) is 10.1. The van der Waals surface area contributed by atoms with E-state index in [1.54, 1.807) is 20.8 Å². The Morgan fingerprint density at radius 2 is 1.62 bits per heavy atom. The second-order valence-corrected chi connectivity index (χ2v) is 9.59. The molecule has 0 bridgehead atoms. The van der Waals surface area contributed by atoms with Crippen LogP contribution in [0.3, 0.4) is 0 Å². The zero-order valence-corrected chi connectivity index (χ0v) is 14.9. The minimum Gasteiger partial charge on any atom is -0.466 e. The van der Waals surface area contributed by atoms with E-state index in [1.165, 1.54) is 5.82 Å². The zero-order chi connectivity index (χ0) is 16.4. The molecule has 124 valence electrons. The van der Waals surface area contributed by atoms with E-state index in [0.29, 0.717) is 6.61 Å². The van der Waals surface area contributed by atoms with Crippen molar-refractivity contribution in [3.8, 4) is 0 Å². The molecule has 0 radical (unpaired) electrons. The van der Waals surface area contributed by atoms with Crippen LogP contribution in [-0.2, 0) is 27.7 Å². The number of rotatable bonds is 12. The van der Waals surface area contributed by atoms with Gasteiger partial charge in [-0.1, -0.05) is 6.58 Å². The van der Waals surface area contributed by atoms with Gasteiger partial charge in [-0.2, -0.15) is 0 Å². The highest BCUT2D eigenvalue weighted by Crippen LogP contribution is 2.55. The number of carbonyl (C=O) groups is 1. The molecule has 8 heteroatoms. The molecule has 0 saturated carbocycles. The molecule has 1 unspecified atom stereocenters. The Balaban J connectivity index is 4.65. The minimum atomic E-state index is -3.03. The van der Waals surface area contributed by atoms with Gasteiger partial charge in [-0.05, 0) is 26.6 Å². The summed E-state index contributed by atoms with van der Waals surface area (Å²) in [4.78, 5) is 11.4. The van der Waals surface area contributed by atoms with Crippen LogP contribution in [0.5, 0.6) is 0 Å². The van der Waals surface area contributed by atoms with Crippen molar-refractivity contribution >= 4 is 20.7 Å². The lowest BCUT2D eigenvalue weighted by Gasteiger charge is -2.20. The molecule has 0 aromatic carbocycles. The number of hydrogen-bond acceptors (Lipinski definition) is 6. The van der Waals surface area contributed by atoms with Crippen LogP contribution in [0, 0.1) is 0 Å². The zero-order valence-electron chi connectivity index (χ0n) is 13.1. The SMILES string of the molecule is C=CP(=O)(CC[P@](=O)(CCC(=O)OCC)OCC)OCC. The van der Waals surface area contributed by atoms with Crippen molar-refractivity contribution in [1.82, 2.24) is 0 Å². The molecule has 0 spiro atoms.